The number of ether oxygens (including phenoxy) is 1. The monoisotopic (exact) mass is 384 g/mol. The molecule has 4 nitrogen and oxygen atoms in total. The molecule has 134 valence electrons. The minimum Gasteiger partial charge on any atom is -0.492 e. The standard InChI is InChI=1S/C20H20N2O2S2/c1-3-24-19-7-5-4-6-18(19)22-20(23)15-8-10-17(11-9-15)26-13-16-12-25-14(2)21-16/h4-12H,3,13H2,1-2H3,(H,22,23). The summed E-state index contributed by atoms with van der Waals surface area (Å²) in [5, 5.41) is 6.08. The number of carbonyl (C=O) groups is 1. The summed E-state index contributed by atoms with van der Waals surface area (Å²) in [6, 6.07) is 15.1. The quantitative estimate of drug-likeness (QED) is 0.555. The van der Waals surface area contributed by atoms with Crippen LogP contribution in [0.1, 0.15) is 28.0 Å². The lowest BCUT2D eigenvalue weighted by Crippen LogP contribution is -2.12. The third-order valence-electron chi connectivity index (χ3n) is 3.60. The highest BCUT2D eigenvalue weighted by Crippen LogP contribution is 2.26. The molecule has 6 heteroatoms. The van der Waals surface area contributed by atoms with Crippen LogP contribution in [0.3, 0.4) is 0 Å². The third kappa shape index (κ3) is 4.86. The number of thiazole rings is 1. The van der Waals surface area contributed by atoms with Crippen LogP contribution in [-0.4, -0.2) is 17.5 Å². The van der Waals surface area contributed by atoms with Crippen molar-refractivity contribution >= 4 is 34.7 Å². The number of nitrogens with one attached hydrogen (secondary N) is 1. The minimum absolute atomic E-state index is 0.149. The fraction of sp³-hybridized carbons (Fsp3) is 0.200. The third-order valence-corrected chi connectivity index (χ3v) is 5.47. The number of anilines is 1. The Morgan fingerprint density at radius 1 is 1.19 bits per heavy atom. The van der Waals surface area contributed by atoms with Crippen LogP contribution >= 0.6 is 23.1 Å². The average Bonchev–Trinajstić information content (AvgIpc) is 3.07. The molecule has 0 atom stereocenters. The number of hydrogen-bond acceptors (Lipinski definition) is 5. The molecule has 0 aliphatic carbocycles. The van der Waals surface area contributed by atoms with Crippen molar-refractivity contribution in [1.82, 2.24) is 4.98 Å². The predicted molar refractivity (Wildman–Crippen MR) is 108 cm³/mol. The first-order valence-corrected chi connectivity index (χ1v) is 10.2. The molecule has 0 aliphatic rings. The van der Waals surface area contributed by atoms with Gasteiger partial charge < -0.3 is 10.1 Å². The second-order valence-corrected chi connectivity index (χ2v) is 7.67. The van der Waals surface area contributed by atoms with E-state index in [2.05, 4.69) is 15.7 Å². The van der Waals surface area contributed by atoms with E-state index in [-0.39, 0.29) is 5.91 Å². The number of hydrogen-bond donors (Lipinski definition) is 1. The van der Waals surface area contributed by atoms with Crippen molar-refractivity contribution in [3.63, 3.8) is 0 Å². The Hall–Kier alpha value is -2.31. The van der Waals surface area contributed by atoms with Crippen LogP contribution in [0.2, 0.25) is 0 Å². The molecule has 26 heavy (non-hydrogen) atoms. The summed E-state index contributed by atoms with van der Waals surface area (Å²) in [5.41, 5.74) is 2.38. The summed E-state index contributed by atoms with van der Waals surface area (Å²) in [6.45, 7) is 4.48. The van der Waals surface area contributed by atoms with E-state index >= 15 is 0 Å². The summed E-state index contributed by atoms with van der Waals surface area (Å²) in [5.74, 6) is 1.36. The van der Waals surface area contributed by atoms with Crippen LogP contribution in [0.5, 0.6) is 5.75 Å². The normalized spacial score (nSPS) is 10.5. The van der Waals surface area contributed by atoms with Crippen molar-refractivity contribution in [3.8, 4) is 5.75 Å². The highest BCUT2D eigenvalue weighted by Gasteiger charge is 2.10. The van der Waals surface area contributed by atoms with Gasteiger partial charge in [0.25, 0.3) is 5.91 Å². The Bertz CT molecular complexity index is 876. The first-order chi connectivity index (χ1) is 12.7. The zero-order valence-electron chi connectivity index (χ0n) is 14.7. The molecule has 3 rings (SSSR count). The van der Waals surface area contributed by atoms with Crippen LogP contribution in [0, 0.1) is 6.92 Å². The summed E-state index contributed by atoms with van der Waals surface area (Å²) < 4.78 is 5.55. The Kier molecular flexibility index (Phi) is 6.30. The molecule has 1 aromatic heterocycles. The fourth-order valence-corrected chi connectivity index (χ4v) is 3.89. The van der Waals surface area contributed by atoms with Gasteiger partial charge >= 0.3 is 0 Å². The molecule has 1 N–H and O–H groups in total. The van der Waals surface area contributed by atoms with E-state index in [4.69, 9.17) is 4.74 Å². The van der Waals surface area contributed by atoms with E-state index in [9.17, 15) is 4.79 Å². The number of benzene rings is 2. The lowest BCUT2D eigenvalue weighted by molar-refractivity contribution is 0.102. The Morgan fingerprint density at radius 2 is 1.96 bits per heavy atom. The zero-order valence-corrected chi connectivity index (χ0v) is 16.3. The van der Waals surface area contributed by atoms with E-state index in [0.29, 0.717) is 23.6 Å². The Balaban J connectivity index is 1.62. The van der Waals surface area contributed by atoms with Crippen molar-refractivity contribution in [2.24, 2.45) is 0 Å². The van der Waals surface area contributed by atoms with Gasteiger partial charge in [0.15, 0.2) is 0 Å². The second kappa shape index (κ2) is 8.87. The van der Waals surface area contributed by atoms with Crippen molar-refractivity contribution in [2.75, 3.05) is 11.9 Å². The number of thioether (sulfide) groups is 1. The van der Waals surface area contributed by atoms with Crippen LogP contribution in [-0.2, 0) is 5.75 Å². The van der Waals surface area contributed by atoms with E-state index < -0.39 is 0 Å². The number of para-hydroxylation sites is 2. The van der Waals surface area contributed by atoms with Gasteiger partial charge in [0.05, 0.1) is 23.0 Å². The van der Waals surface area contributed by atoms with Crippen molar-refractivity contribution in [2.45, 2.75) is 24.5 Å². The summed E-state index contributed by atoms with van der Waals surface area (Å²) in [6.07, 6.45) is 0. The Morgan fingerprint density at radius 3 is 2.65 bits per heavy atom. The summed E-state index contributed by atoms with van der Waals surface area (Å²) in [4.78, 5) is 18.1. The topological polar surface area (TPSA) is 51.2 Å². The Labute approximate surface area is 161 Å². The van der Waals surface area contributed by atoms with Gasteiger partial charge in [-0.1, -0.05) is 12.1 Å². The molecule has 0 unspecified atom stereocenters. The molecule has 0 saturated heterocycles. The fourth-order valence-electron chi connectivity index (χ4n) is 2.38. The van der Waals surface area contributed by atoms with Gasteiger partial charge in [0.2, 0.25) is 0 Å². The first kappa shape index (κ1) is 18.5. The molecule has 0 saturated carbocycles. The van der Waals surface area contributed by atoms with Gasteiger partial charge in [-0.15, -0.1) is 23.1 Å². The highest BCUT2D eigenvalue weighted by atomic mass is 32.2. The van der Waals surface area contributed by atoms with E-state index in [1.807, 2.05) is 62.4 Å². The molecule has 0 aliphatic heterocycles. The number of rotatable bonds is 7. The van der Waals surface area contributed by atoms with Crippen molar-refractivity contribution in [3.05, 3.63) is 70.2 Å². The second-order valence-electron chi connectivity index (χ2n) is 5.55. The smallest absolute Gasteiger partial charge is 0.255 e. The van der Waals surface area contributed by atoms with E-state index in [1.165, 1.54) is 0 Å². The number of aryl methyl sites for hydroxylation is 1. The number of amides is 1. The van der Waals surface area contributed by atoms with Gasteiger partial charge in [-0.25, -0.2) is 4.98 Å². The summed E-state index contributed by atoms with van der Waals surface area (Å²) in [7, 11) is 0. The van der Waals surface area contributed by atoms with Crippen LogP contribution < -0.4 is 10.1 Å². The van der Waals surface area contributed by atoms with Crippen LogP contribution in [0.15, 0.2) is 58.8 Å². The van der Waals surface area contributed by atoms with E-state index in [0.717, 1.165) is 21.3 Å². The highest BCUT2D eigenvalue weighted by molar-refractivity contribution is 7.98. The van der Waals surface area contributed by atoms with Gasteiger partial charge in [-0.2, -0.15) is 0 Å². The maximum Gasteiger partial charge on any atom is 0.255 e. The zero-order chi connectivity index (χ0) is 18.4. The average molecular weight is 385 g/mol. The number of aromatic nitrogens is 1. The van der Waals surface area contributed by atoms with Gasteiger partial charge in [-0.3, -0.25) is 4.79 Å². The van der Waals surface area contributed by atoms with Gasteiger partial charge in [0.1, 0.15) is 5.75 Å². The van der Waals surface area contributed by atoms with Gasteiger partial charge in [0, 0.05) is 21.6 Å². The molecule has 2 aromatic carbocycles. The molecule has 1 heterocycles. The van der Waals surface area contributed by atoms with Crippen molar-refractivity contribution in [1.29, 1.82) is 0 Å². The van der Waals surface area contributed by atoms with E-state index in [1.54, 1.807) is 23.1 Å². The predicted octanol–water partition coefficient (Wildman–Crippen LogP) is 5.39. The lowest BCUT2D eigenvalue weighted by atomic mass is 10.2. The summed E-state index contributed by atoms with van der Waals surface area (Å²) >= 11 is 3.38. The molecule has 0 fully saturated rings. The number of carbonyl (C=O) groups excluding carboxylic acids is 1. The lowest BCUT2D eigenvalue weighted by Gasteiger charge is -2.11. The minimum atomic E-state index is -0.149. The number of nitrogens with zero attached hydrogens (tertiary/aromatic N) is 1. The van der Waals surface area contributed by atoms with Crippen molar-refractivity contribution < 1.29 is 9.53 Å². The van der Waals surface area contributed by atoms with Crippen LogP contribution in [0.4, 0.5) is 5.69 Å². The molecule has 3 aromatic rings. The molecule has 0 spiro atoms. The maximum atomic E-state index is 12.5. The largest absolute Gasteiger partial charge is 0.492 e. The van der Waals surface area contributed by atoms with Gasteiger partial charge in [-0.05, 0) is 50.2 Å². The molecule has 0 radical (unpaired) electrons. The van der Waals surface area contributed by atoms with Crippen LogP contribution in [0.25, 0.3) is 0 Å². The molecular weight excluding hydrogens is 364 g/mol. The first-order valence-electron chi connectivity index (χ1n) is 8.32. The molecular formula is C20H20N2O2S2. The molecule has 0 bridgehead atoms. The SMILES string of the molecule is CCOc1ccccc1NC(=O)c1ccc(SCc2csc(C)n2)cc1. The molecule has 1 amide bonds. The maximum absolute atomic E-state index is 12.5.